The van der Waals surface area contributed by atoms with Crippen LogP contribution in [0.25, 0.3) is 0 Å². The van der Waals surface area contributed by atoms with Gasteiger partial charge in [-0.2, -0.15) is 18.4 Å². The summed E-state index contributed by atoms with van der Waals surface area (Å²) in [6.07, 6.45) is 0.148. The van der Waals surface area contributed by atoms with Crippen molar-refractivity contribution in [1.29, 1.82) is 5.26 Å². The minimum absolute atomic E-state index is 0.119. The SMILES string of the molecule is CC.CN(/C=C(\C=C(/C=O)SC#N)C(F)(F)F)C1CCC1. The average molecular weight is 320 g/mol. The van der Waals surface area contributed by atoms with Crippen molar-refractivity contribution in [2.75, 3.05) is 7.05 Å². The third-order valence-electron chi connectivity index (χ3n) is 2.90. The molecular weight excluding hydrogens is 301 g/mol. The highest BCUT2D eigenvalue weighted by Gasteiger charge is 2.34. The van der Waals surface area contributed by atoms with Gasteiger partial charge in [0.2, 0.25) is 0 Å². The zero-order chi connectivity index (χ0) is 16.5. The van der Waals surface area contributed by atoms with Gasteiger partial charge in [0.1, 0.15) is 5.40 Å². The number of rotatable bonds is 5. The van der Waals surface area contributed by atoms with Crippen LogP contribution in [0, 0.1) is 10.7 Å². The van der Waals surface area contributed by atoms with Crippen molar-refractivity contribution in [3.8, 4) is 5.40 Å². The summed E-state index contributed by atoms with van der Waals surface area (Å²) in [5, 5.41) is 9.99. The van der Waals surface area contributed by atoms with Crippen LogP contribution in [-0.2, 0) is 4.79 Å². The number of aldehydes is 1. The smallest absolute Gasteiger partial charge is 0.377 e. The van der Waals surface area contributed by atoms with Gasteiger partial charge < -0.3 is 4.90 Å². The number of halogens is 3. The monoisotopic (exact) mass is 320 g/mol. The molecule has 0 radical (unpaired) electrons. The Morgan fingerprint density at radius 1 is 1.38 bits per heavy atom. The van der Waals surface area contributed by atoms with Crippen LogP contribution in [0.15, 0.2) is 22.8 Å². The molecule has 0 aromatic rings. The summed E-state index contributed by atoms with van der Waals surface area (Å²) in [5.74, 6) is 0. The van der Waals surface area contributed by atoms with Gasteiger partial charge in [-0.25, -0.2) is 0 Å². The van der Waals surface area contributed by atoms with E-state index < -0.39 is 11.7 Å². The van der Waals surface area contributed by atoms with E-state index in [0.717, 1.165) is 25.5 Å². The molecule has 0 amide bonds. The van der Waals surface area contributed by atoms with Crippen molar-refractivity contribution in [2.45, 2.75) is 45.3 Å². The molecule has 0 N–H and O–H groups in total. The molecule has 1 saturated carbocycles. The van der Waals surface area contributed by atoms with Gasteiger partial charge in [-0.3, -0.25) is 4.79 Å². The largest absolute Gasteiger partial charge is 0.417 e. The molecule has 7 heteroatoms. The zero-order valence-electron chi connectivity index (χ0n) is 12.3. The Bertz CT molecular complexity index is 434. The Kier molecular flexibility index (Phi) is 8.86. The highest BCUT2D eigenvalue weighted by molar-refractivity contribution is 8.08. The summed E-state index contributed by atoms with van der Waals surface area (Å²) in [7, 11) is 1.58. The molecule has 1 fully saturated rings. The lowest BCUT2D eigenvalue weighted by Gasteiger charge is -2.34. The molecule has 0 heterocycles. The fourth-order valence-corrected chi connectivity index (χ4v) is 1.94. The zero-order valence-corrected chi connectivity index (χ0v) is 13.1. The highest BCUT2D eigenvalue weighted by atomic mass is 32.2. The predicted molar refractivity (Wildman–Crippen MR) is 78.2 cm³/mol. The predicted octanol–water partition coefficient (Wildman–Crippen LogP) is 4.24. The third kappa shape index (κ3) is 6.71. The second kappa shape index (κ2) is 9.50. The summed E-state index contributed by atoms with van der Waals surface area (Å²) < 4.78 is 38.6. The Labute approximate surface area is 127 Å². The van der Waals surface area contributed by atoms with Crippen LogP contribution in [0.2, 0.25) is 0 Å². The van der Waals surface area contributed by atoms with Crippen molar-refractivity contribution >= 4 is 18.0 Å². The molecule has 0 aliphatic heterocycles. The molecule has 0 unspecified atom stereocenters. The summed E-state index contributed by atoms with van der Waals surface area (Å²) in [5.41, 5.74) is -0.924. The molecule has 21 heavy (non-hydrogen) atoms. The molecule has 0 atom stereocenters. The molecule has 1 aliphatic rings. The van der Waals surface area contributed by atoms with E-state index in [9.17, 15) is 18.0 Å². The number of thioether (sulfide) groups is 1. The van der Waals surface area contributed by atoms with Gasteiger partial charge >= 0.3 is 6.18 Å². The lowest BCUT2D eigenvalue weighted by Crippen LogP contribution is -2.34. The number of allylic oxidation sites excluding steroid dienone is 3. The normalized spacial score (nSPS) is 16.2. The van der Waals surface area contributed by atoms with E-state index in [1.807, 2.05) is 13.8 Å². The van der Waals surface area contributed by atoms with Crippen LogP contribution in [-0.4, -0.2) is 30.5 Å². The lowest BCUT2D eigenvalue weighted by molar-refractivity contribution is -0.104. The Balaban J connectivity index is 0.00000191. The van der Waals surface area contributed by atoms with Crippen molar-refractivity contribution in [3.63, 3.8) is 0 Å². The van der Waals surface area contributed by atoms with E-state index >= 15 is 0 Å². The second-order valence-corrected chi connectivity index (χ2v) is 5.05. The van der Waals surface area contributed by atoms with Crippen molar-refractivity contribution in [1.82, 2.24) is 4.90 Å². The standard InChI is InChI=1S/C12H13F3N2OS.C2H6/c1-17(10-3-2-4-10)6-9(12(13,14)15)5-11(7-18)19-8-16;1-2/h5-7,10H,2-4H2,1H3;1-2H3/b9-6+,11-5+;. The van der Waals surface area contributed by atoms with Gasteiger partial charge in [-0.1, -0.05) is 13.8 Å². The van der Waals surface area contributed by atoms with Gasteiger partial charge in [0.25, 0.3) is 0 Å². The molecule has 0 aromatic heterocycles. The summed E-state index contributed by atoms with van der Waals surface area (Å²) in [6, 6.07) is 0.119. The number of carbonyl (C=O) groups excluding carboxylic acids is 1. The first-order valence-corrected chi connectivity index (χ1v) is 7.44. The van der Waals surface area contributed by atoms with E-state index in [2.05, 4.69) is 0 Å². The van der Waals surface area contributed by atoms with Crippen LogP contribution in [0.4, 0.5) is 13.2 Å². The number of nitriles is 1. The maximum Gasteiger partial charge on any atom is 0.417 e. The maximum atomic E-state index is 12.9. The van der Waals surface area contributed by atoms with Crippen LogP contribution in [0.3, 0.4) is 0 Å². The molecular formula is C14H19F3N2OS. The van der Waals surface area contributed by atoms with Crippen molar-refractivity contribution < 1.29 is 18.0 Å². The van der Waals surface area contributed by atoms with Crippen LogP contribution in [0.1, 0.15) is 33.1 Å². The molecule has 1 rings (SSSR count). The number of alkyl halides is 3. The highest BCUT2D eigenvalue weighted by Crippen LogP contribution is 2.31. The number of carbonyl (C=O) groups is 1. The molecule has 3 nitrogen and oxygen atoms in total. The maximum absolute atomic E-state index is 12.9. The van der Waals surface area contributed by atoms with E-state index in [1.165, 1.54) is 4.90 Å². The number of hydrogen-bond donors (Lipinski definition) is 0. The Morgan fingerprint density at radius 3 is 2.29 bits per heavy atom. The summed E-state index contributed by atoms with van der Waals surface area (Å²) in [4.78, 5) is 11.9. The minimum Gasteiger partial charge on any atom is -0.377 e. The van der Waals surface area contributed by atoms with E-state index in [-0.39, 0.29) is 17.2 Å². The van der Waals surface area contributed by atoms with E-state index in [1.54, 1.807) is 12.4 Å². The van der Waals surface area contributed by atoms with Gasteiger partial charge in [-0.05, 0) is 37.1 Å². The Morgan fingerprint density at radius 2 is 1.95 bits per heavy atom. The molecule has 1 aliphatic carbocycles. The first-order chi connectivity index (χ1) is 9.88. The quantitative estimate of drug-likeness (QED) is 0.329. The second-order valence-electron chi connectivity index (χ2n) is 4.19. The summed E-state index contributed by atoms with van der Waals surface area (Å²) >= 11 is 0.415. The first-order valence-electron chi connectivity index (χ1n) is 6.62. The van der Waals surface area contributed by atoms with E-state index in [0.29, 0.717) is 17.8 Å². The lowest BCUT2D eigenvalue weighted by atomic mass is 9.92. The fraction of sp³-hybridized carbons (Fsp3) is 0.571. The number of nitrogens with zero attached hydrogens (tertiary/aromatic N) is 2. The van der Waals surface area contributed by atoms with Crippen LogP contribution < -0.4 is 0 Å². The fourth-order valence-electron chi connectivity index (χ4n) is 1.60. The Hall–Kier alpha value is -1.42. The summed E-state index contributed by atoms with van der Waals surface area (Å²) in [6.45, 7) is 4.00. The van der Waals surface area contributed by atoms with Crippen molar-refractivity contribution in [2.24, 2.45) is 0 Å². The van der Waals surface area contributed by atoms with E-state index in [4.69, 9.17) is 5.26 Å². The van der Waals surface area contributed by atoms with Gasteiger partial charge in [0.05, 0.1) is 10.5 Å². The topological polar surface area (TPSA) is 44.1 Å². The van der Waals surface area contributed by atoms with Gasteiger partial charge in [0.15, 0.2) is 6.29 Å². The molecule has 0 bridgehead atoms. The van der Waals surface area contributed by atoms with Crippen LogP contribution >= 0.6 is 11.8 Å². The van der Waals surface area contributed by atoms with Crippen LogP contribution in [0.5, 0.6) is 0 Å². The minimum atomic E-state index is -4.55. The number of thiocyanates is 1. The number of hydrogen-bond acceptors (Lipinski definition) is 4. The third-order valence-corrected chi connectivity index (χ3v) is 3.44. The molecule has 0 aromatic carbocycles. The van der Waals surface area contributed by atoms with Gasteiger partial charge in [-0.15, -0.1) is 0 Å². The molecule has 0 spiro atoms. The average Bonchev–Trinajstić information content (AvgIpc) is 2.36. The van der Waals surface area contributed by atoms with Crippen molar-refractivity contribution in [3.05, 3.63) is 22.8 Å². The molecule has 118 valence electrons. The van der Waals surface area contributed by atoms with Gasteiger partial charge in [0, 0.05) is 19.3 Å². The first kappa shape index (κ1) is 19.6. The molecule has 0 saturated heterocycles.